The molecular weight excluding hydrogens is 404 g/mol. The molecule has 0 bridgehead atoms. The molecule has 0 aliphatic carbocycles. The number of anilines is 1. The van der Waals surface area contributed by atoms with Gasteiger partial charge in [-0.1, -0.05) is 17.7 Å². The van der Waals surface area contributed by atoms with Crippen LogP contribution >= 0.6 is 11.6 Å². The number of hydrogen-bond acceptors (Lipinski definition) is 7. The number of hydrogen-bond donors (Lipinski definition) is 1. The second kappa shape index (κ2) is 7.55. The number of nitrogens with zero attached hydrogens (tertiary/aromatic N) is 3. The van der Waals surface area contributed by atoms with Crippen LogP contribution in [0.2, 0.25) is 5.02 Å². The number of sulfonamides is 1. The molecule has 2 aromatic rings. The molecule has 27 heavy (non-hydrogen) atoms. The zero-order chi connectivity index (χ0) is 20.4. The first kappa shape index (κ1) is 20.1. The molecule has 0 unspecified atom stereocenters. The van der Waals surface area contributed by atoms with Gasteiger partial charge < -0.3 is 5.73 Å². The van der Waals surface area contributed by atoms with Crippen LogP contribution in [-0.2, 0) is 14.8 Å². The second-order valence-corrected chi connectivity index (χ2v) is 7.39. The monoisotopic (exact) mass is 414 g/mol. The van der Waals surface area contributed by atoms with Crippen molar-refractivity contribution in [1.29, 1.82) is 0 Å². The lowest BCUT2D eigenvalue weighted by Crippen LogP contribution is -2.38. The Morgan fingerprint density at radius 3 is 2.22 bits per heavy atom. The number of benzene rings is 2. The maximum Gasteiger partial charge on any atom is 0.271 e. The third-order valence-corrected chi connectivity index (χ3v) is 5.40. The Kier molecular flexibility index (Phi) is 5.61. The van der Waals surface area contributed by atoms with E-state index in [2.05, 4.69) is 0 Å². The lowest BCUT2D eigenvalue weighted by molar-refractivity contribution is -0.385. The van der Waals surface area contributed by atoms with Gasteiger partial charge in [-0.25, -0.2) is 8.42 Å². The Hall–Kier alpha value is -3.25. The summed E-state index contributed by atoms with van der Waals surface area (Å²) in [5.74, 6) is -1.06. The number of nitro groups is 2. The smallest absolute Gasteiger partial charge is 0.271 e. The fourth-order valence-corrected chi connectivity index (χ4v) is 3.88. The first-order chi connectivity index (χ1) is 12.5. The van der Waals surface area contributed by atoms with Crippen molar-refractivity contribution in [3.63, 3.8) is 0 Å². The van der Waals surface area contributed by atoms with Crippen LogP contribution < -0.4 is 10.0 Å². The SMILES string of the molecule is NC(=O)CN(c1cc([N+](=O)[O-])ccc1Cl)S(=O)(=O)c1cccc([N+](=O)[O-])c1. The zero-order valence-corrected chi connectivity index (χ0v) is 14.9. The summed E-state index contributed by atoms with van der Waals surface area (Å²) in [4.78, 5) is 31.2. The molecule has 11 nitrogen and oxygen atoms in total. The average Bonchev–Trinajstić information content (AvgIpc) is 2.60. The zero-order valence-electron chi connectivity index (χ0n) is 13.3. The highest BCUT2D eigenvalue weighted by Crippen LogP contribution is 2.34. The molecule has 13 heteroatoms. The van der Waals surface area contributed by atoms with E-state index in [0.29, 0.717) is 4.31 Å². The molecule has 0 atom stereocenters. The molecule has 0 heterocycles. The summed E-state index contributed by atoms with van der Waals surface area (Å²) in [6.07, 6.45) is 0. The summed E-state index contributed by atoms with van der Waals surface area (Å²) < 4.78 is 26.3. The van der Waals surface area contributed by atoms with E-state index in [0.717, 1.165) is 42.5 Å². The van der Waals surface area contributed by atoms with Crippen LogP contribution in [0.5, 0.6) is 0 Å². The minimum Gasteiger partial charge on any atom is -0.368 e. The van der Waals surface area contributed by atoms with Gasteiger partial charge in [0.25, 0.3) is 21.4 Å². The standard InChI is InChI=1S/C14H11ClN4O7S/c15-12-5-4-10(19(23)24)7-13(12)17(8-14(16)20)27(25,26)11-3-1-2-9(6-11)18(21)22/h1-7H,8H2,(H2,16,20). The molecule has 0 aliphatic rings. The van der Waals surface area contributed by atoms with Crippen molar-refractivity contribution < 1.29 is 23.1 Å². The topological polar surface area (TPSA) is 167 Å². The van der Waals surface area contributed by atoms with Crippen LogP contribution in [0.3, 0.4) is 0 Å². The van der Waals surface area contributed by atoms with Crippen molar-refractivity contribution in [2.45, 2.75) is 4.90 Å². The normalized spacial score (nSPS) is 11.0. The molecule has 0 spiro atoms. The van der Waals surface area contributed by atoms with E-state index >= 15 is 0 Å². The minimum atomic E-state index is -4.55. The van der Waals surface area contributed by atoms with Gasteiger partial charge >= 0.3 is 0 Å². The Labute approximate surface area is 157 Å². The number of carbonyl (C=O) groups excluding carboxylic acids is 1. The third-order valence-electron chi connectivity index (χ3n) is 3.33. The number of rotatable bonds is 7. The highest BCUT2D eigenvalue weighted by atomic mass is 35.5. The van der Waals surface area contributed by atoms with Crippen molar-refractivity contribution in [2.24, 2.45) is 5.73 Å². The maximum absolute atomic E-state index is 12.9. The van der Waals surface area contributed by atoms with E-state index in [9.17, 15) is 33.4 Å². The second-order valence-electron chi connectivity index (χ2n) is 5.13. The van der Waals surface area contributed by atoms with Crippen molar-refractivity contribution in [3.8, 4) is 0 Å². The lowest BCUT2D eigenvalue weighted by Gasteiger charge is -2.23. The van der Waals surface area contributed by atoms with Crippen LogP contribution in [-0.4, -0.2) is 30.7 Å². The first-order valence-electron chi connectivity index (χ1n) is 7.03. The Balaban J connectivity index is 2.68. The van der Waals surface area contributed by atoms with E-state index in [-0.39, 0.29) is 10.7 Å². The van der Waals surface area contributed by atoms with Gasteiger partial charge in [0.05, 0.1) is 25.5 Å². The maximum atomic E-state index is 12.9. The first-order valence-corrected chi connectivity index (χ1v) is 8.85. The quantitative estimate of drug-likeness (QED) is 0.532. The summed E-state index contributed by atoms with van der Waals surface area (Å²) in [5, 5.41) is 21.7. The molecule has 2 rings (SSSR count). The highest BCUT2D eigenvalue weighted by Gasteiger charge is 2.30. The molecule has 2 N–H and O–H groups in total. The molecular formula is C14H11ClN4O7S. The van der Waals surface area contributed by atoms with Crippen LogP contribution in [0.4, 0.5) is 17.1 Å². The van der Waals surface area contributed by atoms with Crippen molar-refractivity contribution in [3.05, 3.63) is 67.7 Å². The summed E-state index contributed by atoms with van der Waals surface area (Å²) in [6, 6.07) is 7.08. The fraction of sp³-hybridized carbons (Fsp3) is 0.0714. The van der Waals surface area contributed by atoms with Gasteiger partial charge in [0.1, 0.15) is 6.54 Å². The number of non-ortho nitro benzene ring substituents is 2. The predicted octanol–water partition coefficient (Wildman–Crippen LogP) is 1.84. The Morgan fingerprint density at radius 2 is 1.67 bits per heavy atom. The van der Waals surface area contributed by atoms with Crippen molar-refractivity contribution in [1.82, 2.24) is 0 Å². The van der Waals surface area contributed by atoms with Crippen LogP contribution in [0.1, 0.15) is 0 Å². The van der Waals surface area contributed by atoms with E-state index in [1.165, 1.54) is 0 Å². The van der Waals surface area contributed by atoms with Gasteiger partial charge in [0, 0.05) is 24.3 Å². The summed E-state index contributed by atoms with van der Waals surface area (Å²) >= 11 is 5.97. The van der Waals surface area contributed by atoms with Gasteiger partial charge in [0.15, 0.2) is 0 Å². The molecule has 0 radical (unpaired) electrons. The largest absolute Gasteiger partial charge is 0.368 e. The average molecular weight is 415 g/mol. The summed E-state index contributed by atoms with van der Waals surface area (Å²) in [5.41, 5.74) is 3.76. The number of nitrogens with two attached hydrogens (primary N) is 1. The Bertz CT molecular complexity index is 1040. The van der Waals surface area contributed by atoms with E-state index < -0.39 is 48.6 Å². The predicted molar refractivity (Wildman–Crippen MR) is 94.9 cm³/mol. The van der Waals surface area contributed by atoms with Crippen LogP contribution in [0, 0.1) is 20.2 Å². The van der Waals surface area contributed by atoms with Gasteiger partial charge in [-0.15, -0.1) is 0 Å². The number of amides is 1. The van der Waals surface area contributed by atoms with Gasteiger partial charge in [-0.2, -0.15) is 0 Å². The van der Waals surface area contributed by atoms with Gasteiger partial charge in [-0.05, 0) is 12.1 Å². The van der Waals surface area contributed by atoms with Crippen molar-refractivity contribution in [2.75, 3.05) is 10.8 Å². The lowest BCUT2D eigenvalue weighted by atomic mass is 10.3. The summed E-state index contributed by atoms with van der Waals surface area (Å²) in [6.45, 7) is -0.883. The van der Waals surface area contributed by atoms with Gasteiger partial charge in [-0.3, -0.25) is 29.3 Å². The molecule has 1 amide bonds. The third kappa shape index (κ3) is 4.30. The molecule has 142 valence electrons. The fourth-order valence-electron chi connectivity index (χ4n) is 2.13. The number of halogens is 1. The van der Waals surface area contributed by atoms with Crippen molar-refractivity contribution >= 4 is 44.6 Å². The van der Waals surface area contributed by atoms with Crippen LogP contribution in [0.15, 0.2) is 47.4 Å². The van der Waals surface area contributed by atoms with E-state index in [1.54, 1.807) is 0 Å². The van der Waals surface area contributed by atoms with Crippen LogP contribution in [0.25, 0.3) is 0 Å². The molecule has 0 fully saturated rings. The number of primary amides is 1. The molecule has 0 aliphatic heterocycles. The Morgan fingerprint density at radius 1 is 1.07 bits per heavy atom. The number of nitro benzene ring substituents is 2. The highest BCUT2D eigenvalue weighted by molar-refractivity contribution is 7.92. The molecule has 0 saturated carbocycles. The minimum absolute atomic E-state index is 0.198. The molecule has 2 aromatic carbocycles. The van der Waals surface area contributed by atoms with Gasteiger partial charge in [0.2, 0.25) is 5.91 Å². The summed E-state index contributed by atoms with van der Waals surface area (Å²) in [7, 11) is -4.55. The van der Waals surface area contributed by atoms with E-state index in [1.807, 2.05) is 0 Å². The molecule has 0 aromatic heterocycles. The molecule has 0 saturated heterocycles. The number of carbonyl (C=O) groups is 1. The van der Waals surface area contributed by atoms with E-state index in [4.69, 9.17) is 17.3 Å².